The van der Waals surface area contributed by atoms with Gasteiger partial charge in [-0.15, -0.1) is 0 Å². The fourth-order valence-electron chi connectivity index (χ4n) is 4.50. The third kappa shape index (κ3) is 4.53. The number of halogens is 6. The Labute approximate surface area is 205 Å². The first-order chi connectivity index (χ1) is 17.3. The van der Waals surface area contributed by atoms with Gasteiger partial charge in [-0.05, 0) is 18.2 Å². The summed E-state index contributed by atoms with van der Waals surface area (Å²) in [7, 11) is 0. The van der Waals surface area contributed by atoms with E-state index < -0.39 is 60.2 Å². The predicted octanol–water partition coefficient (Wildman–Crippen LogP) is 4.51. The van der Waals surface area contributed by atoms with Crippen LogP contribution in [0.25, 0.3) is 22.3 Å². The summed E-state index contributed by atoms with van der Waals surface area (Å²) in [6.07, 6.45) is -4.20. The number of pyridine rings is 1. The quantitative estimate of drug-likeness (QED) is 0.394. The Hall–Kier alpha value is -3.90. The molecular formula is C24H19F6N5O2. The number of rotatable bonds is 5. The molecule has 7 nitrogen and oxygen atoms in total. The molecule has 2 aliphatic rings. The highest BCUT2D eigenvalue weighted by atomic mass is 19.4. The van der Waals surface area contributed by atoms with Gasteiger partial charge in [-0.25, -0.2) is 13.2 Å². The summed E-state index contributed by atoms with van der Waals surface area (Å²) in [5.41, 5.74) is 0.122. The van der Waals surface area contributed by atoms with Crippen LogP contribution in [0.4, 0.5) is 26.3 Å². The number of carbonyl (C=O) groups excluding carboxylic acids is 2. The van der Waals surface area contributed by atoms with E-state index in [0.717, 1.165) is 12.1 Å². The van der Waals surface area contributed by atoms with E-state index in [9.17, 15) is 35.9 Å². The van der Waals surface area contributed by atoms with E-state index in [0.29, 0.717) is 5.56 Å². The zero-order chi connectivity index (χ0) is 26.7. The maximum Gasteiger partial charge on any atom is 0.416 e. The second-order valence-electron chi connectivity index (χ2n) is 9.13. The predicted molar refractivity (Wildman–Crippen MR) is 119 cm³/mol. The number of hydrogen-bond acceptors (Lipinski definition) is 4. The van der Waals surface area contributed by atoms with Gasteiger partial charge >= 0.3 is 6.18 Å². The molecule has 5 rings (SSSR count). The molecule has 1 saturated carbocycles. The molecule has 0 spiro atoms. The van der Waals surface area contributed by atoms with Crippen LogP contribution in [0.3, 0.4) is 0 Å². The van der Waals surface area contributed by atoms with Crippen molar-refractivity contribution in [1.29, 1.82) is 0 Å². The van der Waals surface area contributed by atoms with Crippen molar-refractivity contribution < 1.29 is 35.9 Å². The van der Waals surface area contributed by atoms with Crippen molar-refractivity contribution in [2.75, 3.05) is 13.1 Å². The Morgan fingerprint density at radius 1 is 1.08 bits per heavy atom. The van der Waals surface area contributed by atoms with Crippen molar-refractivity contribution in [2.45, 2.75) is 37.0 Å². The van der Waals surface area contributed by atoms with E-state index in [-0.39, 0.29) is 35.4 Å². The number of hydrogen-bond donors (Lipinski definition) is 1. The molecule has 1 aliphatic carbocycles. The number of fused-ring (bicyclic) bond motifs is 1. The van der Waals surface area contributed by atoms with E-state index >= 15 is 0 Å². The standard InChI is InChI=1S/C24H19F6N5O2/c1-12(25)22(37)34-10-16(11-34)35-20-17(21(36)32-15-8-23(26,27)9-15)6-7-31-19(20)18(33-35)13-2-4-14(5-3-13)24(28,29)30/h2-7,15-16H,1,8-11H2,(H,32,36). The minimum absolute atomic E-state index is 0.0375. The number of nitrogens with zero attached hydrogens (tertiary/aromatic N) is 4. The molecule has 13 heteroatoms. The fourth-order valence-corrected chi connectivity index (χ4v) is 4.50. The maximum absolute atomic E-state index is 13.3. The summed E-state index contributed by atoms with van der Waals surface area (Å²) in [5.74, 6) is -5.51. The van der Waals surface area contributed by atoms with Crippen LogP contribution in [-0.2, 0) is 11.0 Å². The van der Waals surface area contributed by atoms with Crippen molar-refractivity contribution in [3.8, 4) is 11.3 Å². The lowest BCUT2D eigenvalue weighted by molar-refractivity contribution is -0.137. The minimum Gasteiger partial charge on any atom is -0.349 e. The van der Waals surface area contributed by atoms with Crippen LogP contribution in [0.1, 0.15) is 34.8 Å². The highest BCUT2D eigenvalue weighted by Gasteiger charge is 2.46. The van der Waals surface area contributed by atoms with E-state index in [2.05, 4.69) is 22.0 Å². The van der Waals surface area contributed by atoms with Crippen molar-refractivity contribution in [3.63, 3.8) is 0 Å². The SMILES string of the molecule is C=C(F)C(=O)N1CC(n2nc(-c3ccc(C(F)(F)F)cc3)c3nccc(C(=O)NC4CC(F)(F)C4)c32)C1. The van der Waals surface area contributed by atoms with Crippen LogP contribution < -0.4 is 5.32 Å². The highest BCUT2D eigenvalue weighted by molar-refractivity contribution is 6.07. The van der Waals surface area contributed by atoms with Gasteiger partial charge in [0.1, 0.15) is 16.7 Å². The monoisotopic (exact) mass is 523 g/mol. The second-order valence-corrected chi connectivity index (χ2v) is 9.13. The first-order valence-corrected chi connectivity index (χ1v) is 11.2. The number of aromatic nitrogens is 3. The first-order valence-electron chi connectivity index (χ1n) is 11.2. The molecule has 2 aromatic heterocycles. The Kier molecular flexibility index (Phi) is 5.76. The first kappa shape index (κ1) is 24.8. The second kappa shape index (κ2) is 8.60. The topological polar surface area (TPSA) is 80.1 Å². The van der Waals surface area contributed by atoms with Crippen LogP contribution in [0.15, 0.2) is 48.9 Å². The van der Waals surface area contributed by atoms with Gasteiger partial charge in [-0.2, -0.15) is 18.3 Å². The van der Waals surface area contributed by atoms with Gasteiger partial charge in [-0.3, -0.25) is 19.3 Å². The van der Waals surface area contributed by atoms with Gasteiger partial charge in [0.2, 0.25) is 0 Å². The summed E-state index contributed by atoms with van der Waals surface area (Å²) in [6, 6.07) is 4.40. The minimum atomic E-state index is -4.54. The molecule has 3 heterocycles. The van der Waals surface area contributed by atoms with E-state index in [4.69, 9.17) is 0 Å². The van der Waals surface area contributed by atoms with Crippen LogP contribution in [-0.4, -0.2) is 56.5 Å². The molecule has 1 N–H and O–H groups in total. The fraction of sp³-hybridized carbons (Fsp3) is 0.333. The van der Waals surface area contributed by atoms with Crippen molar-refractivity contribution in [2.24, 2.45) is 0 Å². The Balaban J connectivity index is 1.54. The lowest BCUT2D eigenvalue weighted by atomic mass is 9.88. The number of amides is 2. The van der Waals surface area contributed by atoms with Crippen molar-refractivity contribution in [1.82, 2.24) is 25.0 Å². The zero-order valence-corrected chi connectivity index (χ0v) is 19.0. The van der Waals surface area contributed by atoms with Crippen molar-refractivity contribution >= 4 is 22.8 Å². The summed E-state index contributed by atoms with van der Waals surface area (Å²) < 4.78 is 80.3. The molecule has 1 aliphatic heterocycles. The molecule has 37 heavy (non-hydrogen) atoms. The summed E-state index contributed by atoms with van der Waals surface area (Å²) in [4.78, 5) is 30.4. The van der Waals surface area contributed by atoms with Gasteiger partial charge in [0, 0.05) is 43.7 Å². The van der Waals surface area contributed by atoms with E-state index in [1.54, 1.807) is 0 Å². The van der Waals surface area contributed by atoms with Gasteiger partial charge in [0.25, 0.3) is 17.7 Å². The number of carbonyl (C=O) groups is 2. The molecular weight excluding hydrogens is 504 g/mol. The Bertz CT molecular complexity index is 1400. The molecule has 3 aromatic rings. The number of benzene rings is 1. The highest BCUT2D eigenvalue weighted by Crippen LogP contribution is 2.38. The van der Waals surface area contributed by atoms with Crippen LogP contribution >= 0.6 is 0 Å². The smallest absolute Gasteiger partial charge is 0.349 e. The van der Waals surface area contributed by atoms with E-state index in [1.807, 2.05) is 0 Å². The normalized spacial score (nSPS) is 17.8. The molecule has 0 unspecified atom stereocenters. The van der Waals surface area contributed by atoms with E-state index in [1.165, 1.54) is 34.0 Å². The molecule has 0 atom stereocenters. The van der Waals surface area contributed by atoms with Gasteiger partial charge < -0.3 is 10.2 Å². The molecule has 1 saturated heterocycles. The number of alkyl halides is 5. The van der Waals surface area contributed by atoms with Crippen LogP contribution in [0, 0.1) is 0 Å². The molecule has 0 bridgehead atoms. The molecule has 194 valence electrons. The van der Waals surface area contributed by atoms with Gasteiger partial charge in [0.15, 0.2) is 5.83 Å². The number of likely N-dealkylation sites (tertiary alicyclic amines) is 1. The Morgan fingerprint density at radius 3 is 2.30 bits per heavy atom. The average Bonchev–Trinajstić information content (AvgIpc) is 3.15. The van der Waals surface area contributed by atoms with Gasteiger partial charge in [0.05, 0.1) is 17.2 Å². The third-order valence-corrected chi connectivity index (χ3v) is 6.47. The maximum atomic E-state index is 13.3. The average molecular weight is 523 g/mol. The summed E-state index contributed by atoms with van der Waals surface area (Å²) >= 11 is 0. The zero-order valence-electron chi connectivity index (χ0n) is 19.0. The molecule has 2 fully saturated rings. The number of nitrogens with one attached hydrogen (secondary N) is 1. The van der Waals surface area contributed by atoms with Crippen molar-refractivity contribution in [3.05, 3.63) is 60.1 Å². The lowest BCUT2D eigenvalue weighted by Gasteiger charge is -2.39. The lowest BCUT2D eigenvalue weighted by Crippen LogP contribution is -2.51. The Morgan fingerprint density at radius 2 is 1.73 bits per heavy atom. The summed E-state index contributed by atoms with van der Waals surface area (Å²) in [6.45, 7) is 3.06. The van der Waals surface area contributed by atoms with Gasteiger partial charge in [-0.1, -0.05) is 18.7 Å². The van der Waals surface area contributed by atoms with Crippen LogP contribution in [0.5, 0.6) is 0 Å². The summed E-state index contributed by atoms with van der Waals surface area (Å²) in [5, 5.41) is 7.07. The molecule has 0 radical (unpaired) electrons. The third-order valence-electron chi connectivity index (χ3n) is 6.47. The van der Waals surface area contributed by atoms with Crippen LogP contribution in [0.2, 0.25) is 0 Å². The molecule has 2 amide bonds. The molecule has 1 aromatic carbocycles. The largest absolute Gasteiger partial charge is 0.416 e.